The lowest BCUT2D eigenvalue weighted by atomic mass is 9.99. The Bertz CT molecular complexity index is 1010. The maximum absolute atomic E-state index is 13.2. The first-order valence-electron chi connectivity index (χ1n) is 8.28. The van der Waals surface area contributed by atoms with Gasteiger partial charge >= 0.3 is 0 Å². The van der Waals surface area contributed by atoms with Crippen molar-refractivity contribution in [1.29, 1.82) is 0 Å². The van der Waals surface area contributed by atoms with E-state index in [4.69, 9.17) is 0 Å². The van der Waals surface area contributed by atoms with Crippen molar-refractivity contribution >= 4 is 5.91 Å². The molecule has 3 aromatic rings. The first kappa shape index (κ1) is 17.6. The fourth-order valence-corrected chi connectivity index (χ4v) is 2.81. The summed E-state index contributed by atoms with van der Waals surface area (Å²) in [6.07, 6.45) is 1.64. The number of aromatic amines is 1. The lowest BCUT2D eigenvalue weighted by Crippen LogP contribution is -2.26. The number of halogens is 1. The Morgan fingerprint density at radius 1 is 1.08 bits per heavy atom. The van der Waals surface area contributed by atoms with E-state index in [1.807, 2.05) is 12.1 Å². The molecule has 3 rings (SSSR count). The van der Waals surface area contributed by atoms with Crippen LogP contribution in [0.5, 0.6) is 0 Å². The van der Waals surface area contributed by atoms with Crippen LogP contribution in [-0.4, -0.2) is 10.9 Å². The summed E-state index contributed by atoms with van der Waals surface area (Å²) < 4.78 is 13.2. The van der Waals surface area contributed by atoms with Crippen LogP contribution in [0.1, 0.15) is 27.2 Å². The molecule has 0 fully saturated rings. The van der Waals surface area contributed by atoms with Gasteiger partial charge in [0.15, 0.2) is 5.43 Å². The third kappa shape index (κ3) is 3.57. The number of aromatic nitrogens is 1. The van der Waals surface area contributed by atoms with E-state index in [1.54, 1.807) is 44.3 Å². The molecule has 2 N–H and O–H groups in total. The number of rotatable bonds is 4. The monoisotopic (exact) mass is 350 g/mol. The second kappa shape index (κ2) is 7.35. The van der Waals surface area contributed by atoms with Crippen LogP contribution in [0.25, 0.3) is 11.1 Å². The van der Waals surface area contributed by atoms with Crippen LogP contribution in [0, 0.1) is 19.7 Å². The molecule has 0 radical (unpaired) electrons. The molecule has 0 bridgehead atoms. The van der Waals surface area contributed by atoms with Crippen LogP contribution in [0.2, 0.25) is 0 Å². The highest BCUT2D eigenvalue weighted by atomic mass is 19.1. The zero-order chi connectivity index (χ0) is 18.7. The topological polar surface area (TPSA) is 62.0 Å². The highest BCUT2D eigenvalue weighted by Crippen LogP contribution is 2.24. The number of hydrogen-bond donors (Lipinski definition) is 2. The van der Waals surface area contributed by atoms with Gasteiger partial charge in [0, 0.05) is 28.6 Å². The number of benzene rings is 2. The van der Waals surface area contributed by atoms with Crippen molar-refractivity contribution < 1.29 is 9.18 Å². The van der Waals surface area contributed by atoms with Gasteiger partial charge in [-0.1, -0.05) is 30.3 Å². The second-order valence-corrected chi connectivity index (χ2v) is 6.14. The van der Waals surface area contributed by atoms with E-state index in [-0.39, 0.29) is 23.7 Å². The van der Waals surface area contributed by atoms with Crippen molar-refractivity contribution in [2.75, 3.05) is 0 Å². The number of carbonyl (C=O) groups excluding carboxylic acids is 1. The number of H-pyrrole nitrogens is 1. The molecule has 0 saturated heterocycles. The van der Waals surface area contributed by atoms with Crippen LogP contribution in [-0.2, 0) is 6.54 Å². The summed E-state index contributed by atoms with van der Waals surface area (Å²) in [7, 11) is 0. The number of amides is 1. The Kier molecular flexibility index (Phi) is 4.98. The normalized spacial score (nSPS) is 10.6. The molecule has 0 unspecified atom stereocenters. The van der Waals surface area contributed by atoms with Gasteiger partial charge in [0.05, 0.1) is 6.54 Å². The molecule has 0 aliphatic carbocycles. The minimum Gasteiger partial charge on any atom is -0.363 e. The molecule has 132 valence electrons. The third-order valence-electron chi connectivity index (χ3n) is 4.37. The van der Waals surface area contributed by atoms with E-state index < -0.39 is 0 Å². The smallest absolute Gasteiger partial charge is 0.252 e. The van der Waals surface area contributed by atoms with Crippen LogP contribution >= 0.6 is 0 Å². The van der Waals surface area contributed by atoms with Crippen molar-refractivity contribution in [2.24, 2.45) is 0 Å². The zero-order valence-electron chi connectivity index (χ0n) is 14.6. The molecule has 0 spiro atoms. The largest absolute Gasteiger partial charge is 0.363 e. The molecular formula is C21H19FN2O2. The molecule has 0 atom stereocenters. The average Bonchev–Trinajstić information content (AvgIpc) is 2.66. The standard InChI is InChI=1S/C21H19FN2O2/c1-13-11-23-19(14(2)20(13)25)12-24-21(26)18-6-4-3-5-17(18)15-7-9-16(22)10-8-15/h3-11H,12H2,1-2H3,(H,23,25)(H,24,26). The van der Waals surface area contributed by atoms with E-state index in [0.717, 1.165) is 11.1 Å². The molecule has 2 aromatic carbocycles. The van der Waals surface area contributed by atoms with Crippen molar-refractivity contribution in [3.05, 3.63) is 93.2 Å². The molecule has 0 saturated carbocycles. The quantitative estimate of drug-likeness (QED) is 0.753. The molecule has 1 aromatic heterocycles. The first-order chi connectivity index (χ1) is 12.5. The van der Waals surface area contributed by atoms with E-state index in [9.17, 15) is 14.0 Å². The third-order valence-corrected chi connectivity index (χ3v) is 4.37. The Morgan fingerprint density at radius 3 is 2.50 bits per heavy atom. The highest BCUT2D eigenvalue weighted by Gasteiger charge is 2.13. The summed E-state index contributed by atoms with van der Waals surface area (Å²) in [5.74, 6) is -0.583. The van der Waals surface area contributed by atoms with Crippen molar-refractivity contribution in [2.45, 2.75) is 20.4 Å². The van der Waals surface area contributed by atoms with Crippen molar-refractivity contribution in [3.8, 4) is 11.1 Å². The van der Waals surface area contributed by atoms with E-state index >= 15 is 0 Å². The van der Waals surface area contributed by atoms with Crippen LogP contribution in [0.3, 0.4) is 0 Å². The van der Waals surface area contributed by atoms with Gasteiger partial charge in [0.2, 0.25) is 0 Å². The highest BCUT2D eigenvalue weighted by molar-refractivity contribution is 6.00. The van der Waals surface area contributed by atoms with Gasteiger partial charge in [0.25, 0.3) is 5.91 Å². The van der Waals surface area contributed by atoms with Crippen LogP contribution in [0.15, 0.2) is 59.5 Å². The fraction of sp³-hybridized carbons (Fsp3) is 0.143. The van der Waals surface area contributed by atoms with Crippen molar-refractivity contribution in [3.63, 3.8) is 0 Å². The number of pyridine rings is 1. The fourth-order valence-electron chi connectivity index (χ4n) is 2.81. The van der Waals surface area contributed by atoms with Gasteiger partial charge in [-0.05, 0) is 43.2 Å². The van der Waals surface area contributed by atoms with Crippen LogP contribution in [0.4, 0.5) is 4.39 Å². The summed E-state index contributed by atoms with van der Waals surface area (Å²) in [4.78, 5) is 27.7. The summed E-state index contributed by atoms with van der Waals surface area (Å²) in [6.45, 7) is 3.70. The van der Waals surface area contributed by atoms with Gasteiger partial charge in [-0.3, -0.25) is 9.59 Å². The molecule has 0 aliphatic rings. The molecule has 4 nitrogen and oxygen atoms in total. The molecular weight excluding hydrogens is 331 g/mol. The lowest BCUT2D eigenvalue weighted by Gasteiger charge is -2.12. The Morgan fingerprint density at radius 2 is 1.77 bits per heavy atom. The number of aryl methyl sites for hydroxylation is 1. The minimum atomic E-state index is -0.325. The Labute approximate surface area is 150 Å². The molecule has 0 aliphatic heterocycles. The summed E-state index contributed by atoms with van der Waals surface area (Å²) in [5.41, 5.74) is 3.85. The number of carbonyl (C=O) groups is 1. The minimum absolute atomic E-state index is 0.0280. The predicted molar refractivity (Wildman–Crippen MR) is 99.5 cm³/mol. The molecule has 1 amide bonds. The van der Waals surface area contributed by atoms with Gasteiger partial charge in [-0.2, -0.15) is 0 Å². The average molecular weight is 350 g/mol. The Balaban J connectivity index is 1.84. The Hall–Kier alpha value is -3.21. The number of hydrogen-bond acceptors (Lipinski definition) is 2. The SMILES string of the molecule is Cc1c[nH]c(CNC(=O)c2ccccc2-c2ccc(F)cc2)c(C)c1=O. The van der Waals surface area contributed by atoms with Gasteiger partial charge in [-0.25, -0.2) is 4.39 Å². The van der Waals surface area contributed by atoms with Gasteiger partial charge in [0.1, 0.15) is 5.82 Å². The van der Waals surface area contributed by atoms with Crippen LogP contribution < -0.4 is 10.7 Å². The molecule has 26 heavy (non-hydrogen) atoms. The predicted octanol–water partition coefficient (Wildman–Crippen LogP) is 3.73. The van der Waals surface area contributed by atoms with Gasteiger partial charge < -0.3 is 10.3 Å². The number of nitrogens with one attached hydrogen (secondary N) is 2. The van der Waals surface area contributed by atoms with E-state index in [0.29, 0.717) is 22.4 Å². The van der Waals surface area contributed by atoms with Crippen molar-refractivity contribution in [1.82, 2.24) is 10.3 Å². The summed E-state index contributed by atoms with van der Waals surface area (Å²) >= 11 is 0. The maximum atomic E-state index is 13.2. The molecule has 1 heterocycles. The summed E-state index contributed by atoms with van der Waals surface area (Å²) in [6, 6.07) is 13.2. The molecule has 5 heteroatoms. The van der Waals surface area contributed by atoms with E-state index in [2.05, 4.69) is 10.3 Å². The lowest BCUT2D eigenvalue weighted by molar-refractivity contribution is 0.0951. The maximum Gasteiger partial charge on any atom is 0.252 e. The van der Waals surface area contributed by atoms with E-state index in [1.165, 1.54) is 12.1 Å². The summed E-state index contributed by atoms with van der Waals surface area (Å²) in [5, 5.41) is 2.84. The first-order valence-corrected chi connectivity index (χ1v) is 8.28. The second-order valence-electron chi connectivity index (χ2n) is 6.14. The zero-order valence-corrected chi connectivity index (χ0v) is 14.6. The van der Waals surface area contributed by atoms with Gasteiger partial charge in [-0.15, -0.1) is 0 Å².